The molecule has 0 radical (unpaired) electrons. The van der Waals surface area contributed by atoms with Gasteiger partial charge in [0.25, 0.3) is 0 Å². The van der Waals surface area contributed by atoms with E-state index in [2.05, 4.69) is 29.0 Å². The summed E-state index contributed by atoms with van der Waals surface area (Å²) in [7, 11) is 0. The van der Waals surface area contributed by atoms with Gasteiger partial charge >= 0.3 is 0 Å². The SMILES string of the molecule is CCC1(C)CC(N2CC(N3CCNCC3)C2)CCO1. The van der Waals surface area contributed by atoms with E-state index in [1.807, 2.05) is 0 Å². The summed E-state index contributed by atoms with van der Waals surface area (Å²) in [6.45, 7) is 12.9. The standard InChI is InChI=1S/C15H29N3O/c1-3-15(2)10-13(4-9-19-15)18-11-14(12-18)17-7-5-16-6-8-17/h13-14,16H,3-12H2,1-2H3. The molecule has 3 aliphatic heterocycles. The van der Waals surface area contributed by atoms with Crippen LogP contribution in [0.2, 0.25) is 0 Å². The summed E-state index contributed by atoms with van der Waals surface area (Å²) in [5.74, 6) is 0. The van der Waals surface area contributed by atoms with Crippen molar-refractivity contribution in [2.75, 3.05) is 45.9 Å². The van der Waals surface area contributed by atoms with Crippen LogP contribution in [-0.4, -0.2) is 73.4 Å². The fourth-order valence-electron chi connectivity index (χ4n) is 3.72. The average molecular weight is 267 g/mol. The normalized spacial score (nSPS) is 39.2. The second kappa shape index (κ2) is 5.68. The highest BCUT2D eigenvalue weighted by Crippen LogP contribution is 2.33. The molecule has 1 N–H and O–H groups in total. The van der Waals surface area contributed by atoms with Crippen LogP contribution in [0.1, 0.15) is 33.1 Å². The molecule has 2 atom stereocenters. The Morgan fingerprint density at radius 3 is 2.58 bits per heavy atom. The molecule has 2 unspecified atom stereocenters. The molecule has 0 saturated carbocycles. The van der Waals surface area contributed by atoms with E-state index in [1.165, 1.54) is 52.1 Å². The molecule has 3 aliphatic rings. The molecule has 3 saturated heterocycles. The highest BCUT2D eigenvalue weighted by atomic mass is 16.5. The predicted molar refractivity (Wildman–Crippen MR) is 77.5 cm³/mol. The number of piperazine rings is 1. The molecule has 0 aromatic rings. The number of likely N-dealkylation sites (tertiary alicyclic amines) is 1. The molecule has 110 valence electrons. The molecule has 4 nitrogen and oxygen atoms in total. The first kappa shape index (κ1) is 13.8. The van der Waals surface area contributed by atoms with Crippen molar-refractivity contribution in [1.82, 2.24) is 15.1 Å². The molecule has 3 fully saturated rings. The number of nitrogens with one attached hydrogen (secondary N) is 1. The van der Waals surface area contributed by atoms with E-state index in [-0.39, 0.29) is 5.60 Å². The van der Waals surface area contributed by atoms with Crippen molar-refractivity contribution < 1.29 is 4.74 Å². The highest BCUT2D eigenvalue weighted by molar-refractivity contribution is 4.96. The number of rotatable bonds is 3. The van der Waals surface area contributed by atoms with Gasteiger partial charge in [0.05, 0.1) is 5.60 Å². The van der Waals surface area contributed by atoms with Crippen LogP contribution in [0.5, 0.6) is 0 Å². The summed E-state index contributed by atoms with van der Waals surface area (Å²) in [6, 6.07) is 1.58. The van der Waals surface area contributed by atoms with Gasteiger partial charge in [0, 0.05) is 58.0 Å². The largest absolute Gasteiger partial charge is 0.375 e. The van der Waals surface area contributed by atoms with Gasteiger partial charge in [-0.05, 0) is 26.2 Å². The van der Waals surface area contributed by atoms with Crippen molar-refractivity contribution in [2.45, 2.75) is 50.8 Å². The van der Waals surface area contributed by atoms with Gasteiger partial charge in [0.2, 0.25) is 0 Å². The van der Waals surface area contributed by atoms with Crippen LogP contribution in [0, 0.1) is 0 Å². The summed E-state index contributed by atoms with van der Waals surface area (Å²) < 4.78 is 5.96. The third-order valence-electron chi connectivity index (χ3n) is 5.39. The zero-order chi connectivity index (χ0) is 13.3. The number of nitrogens with zero attached hydrogens (tertiary/aromatic N) is 2. The second-order valence-corrected chi connectivity index (χ2v) is 6.69. The zero-order valence-electron chi connectivity index (χ0n) is 12.5. The summed E-state index contributed by atoms with van der Waals surface area (Å²) in [5.41, 5.74) is 0.128. The van der Waals surface area contributed by atoms with Crippen LogP contribution < -0.4 is 5.32 Å². The maximum absolute atomic E-state index is 5.96. The predicted octanol–water partition coefficient (Wildman–Crippen LogP) is 0.924. The smallest absolute Gasteiger partial charge is 0.0666 e. The van der Waals surface area contributed by atoms with Gasteiger partial charge in [-0.25, -0.2) is 0 Å². The lowest BCUT2D eigenvalue weighted by atomic mass is 9.87. The molecule has 19 heavy (non-hydrogen) atoms. The number of hydrogen-bond acceptors (Lipinski definition) is 4. The fraction of sp³-hybridized carbons (Fsp3) is 1.00. The minimum absolute atomic E-state index is 0.128. The molecular formula is C15H29N3O. The zero-order valence-corrected chi connectivity index (χ0v) is 12.5. The lowest BCUT2D eigenvalue weighted by molar-refractivity contribution is -0.116. The van der Waals surface area contributed by atoms with Crippen LogP contribution in [-0.2, 0) is 4.74 Å². The Hall–Kier alpha value is -0.160. The first-order valence-electron chi connectivity index (χ1n) is 8.03. The van der Waals surface area contributed by atoms with Crippen LogP contribution in [0.25, 0.3) is 0 Å². The first-order chi connectivity index (χ1) is 9.20. The lowest BCUT2D eigenvalue weighted by Crippen LogP contribution is -2.66. The maximum atomic E-state index is 5.96. The monoisotopic (exact) mass is 267 g/mol. The highest BCUT2D eigenvalue weighted by Gasteiger charge is 2.40. The van der Waals surface area contributed by atoms with Crippen LogP contribution in [0.3, 0.4) is 0 Å². The van der Waals surface area contributed by atoms with E-state index < -0.39 is 0 Å². The van der Waals surface area contributed by atoms with Crippen LogP contribution in [0.4, 0.5) is 0 Å². The van der Waals surface area contributed by atoms with Gasteiger partial charge in [-0.3, -0.25) is 9.80 Å². The Balaban J connectivity index is 1.47. The molecular weight excluding hydrogens is 238 g/mol. The lowest BCUT2D eigenvalue weighted by Gasteiger charge is -2.52. The minimum atomic E-state index is 0.128. The van der Waals surface area contributed by atoms with E-state index in [1.54, 1.807) is 0 Å². The van der Waals surface area contributed by atoms with E-state index >= 15 is 0 Å². The maximum Gasteiger partial charge on any atom is 0.0666 e. The van der Waals surface area contributed by atoms with E-state index in [0.717, 1.165) is 25.1 Å². The quantitative estimate of drug-likeness (QED) is 0.823. The average Bonchev–Trinajstić information content (AvgIpc) is 2.39. The molecule has 3 heterocycles. The van der Waals surface area contributed by atoms with E-state index in [9.17, 15) is 0 Å². The van der Waals surface area contributed by atoms with Crippen LogP contribution >= 0.6 is 0 Å². The van der Waals surface area contributed by atoms with Crippen molar-refractivity contribution in [2.24, 2.45) is 0 Å². The molecule has 0 spiro atoms. The summed E-state index contributed by atoms with van der Waals surface area (Å²) >= 11 is 0. The van der Waals surface area contributed by atoms with Crippen LogP contribution in [0.15, 0.2) is 0 Å². The summed E-state index contributed by atoms with van der Waals surface area (Å²) in [4.78, 5) is 5.37. The van der Waals surface area contributed by atoms with E-state index in [0.29, 0.717) is 0 Å². The topological polar surface area (TPSA) is 27.7 Å². The summed E-state index contributed by atoms with van der Waals surface area (Å²) in [5, 5.41) is 3.44. The Morgan fingerprint density at radius 1 is 1.16 bits per heavy atom. The third kappa shape index (κ3) is 2.97. The van der Waals surface area contributed by atoms with E-state index in [4.69, 9.17) is 4.74 Å². The van der Waals surface area contributed by atoms with Crippen molar-refractivity contribution in [3.05, 3.63) is 0 Å². The summed E-state index contributed by atoms with van der Waals surface area (Å²) in [6.07, 6.45) is 3.58. The molecule has 0 bridgehead atoms. The van der Waals surface area contributed by atoms with Crippen molar-refractivity contribution in [3.63, 3.8) is 0 Å². The van der Waals surface area contributed by atoms with Gasteiger partial charge in [-0.2, -0.15) is 0 Å². The number of hydrogen-bond donors (Lipinski definition) is 1. The van der Waals surface area contributed by atoms with Crippen molar-refractivity contribution in [3.8, 4) is 0 Å². The van der Waals surface area contributed by atoms with Gasteiger partial charge in [0.15, 0.2) is 0 Å². The molecule has 4 heteroatoms. The Kier molecular flexibility index (Phi) is 4.13. The molecule has 3 rings (SSSR count). The van der Waals surface area contributed by atoms with Gasteiger partial charge in [-0.15, -0.1) is 0 Å². The van der Waals surface area contributed by atoms with Gasteiger partial charge in [0.1, 0.15) is 0 Å². The molecule has 0 amide bonds. The molecule has 0 aromatic carbocycles. The number of ether oxygens (including phenoxy) is 1. The first-order valence-corrected chi connectivity index (χ1v) is 8.03. The molecule has 0 aromatic heterocycles. The van der Waals surface area contributed by atoms with Crippen molar-refractivity contribution >= 4 is 0 Å². The Labute approximate surface area is 117 Å². The van der Waals surface area contributed by atoms with Crippen molar-refractivity contribution in [1.29, 1.82) is 0 Å². The Morgan fingerprint density at radius 2 is 1.89 bits per heavy atom. The second-order valence-electron chi connectivity index (χ2n) is 6.69. The minimum Gasteiger partial charge on any atom is -0.375 e. The van der Waals surface area contributed by atoms with Gasteiger partial charge < -0.3 is 10.1 Å². The Bertz CT molecular complexity index is 300. The fourth-order valence-corrected chi connectivity index (χ4v) is 3.72. The van der Waals surface area contributed by atoms with Gasteiger partial charge in [-0.1, -0.05) is 6.92 Å². The molecule has 0 aliphatic carbocycles. The third-order valence-corrected chi connectivity index (χ3v) is 5.39.